The van der Waals surface area contributed by atoms with Gasteiger partial charge in [0.25, 0.3) is 0 Å². The first-order valence-corrected chi connectivity index (χ1v) is 9.87. The third-order valence-corrected chi connectivity index (χ3v) is 5.41. The molecule has 0 saturated carbocycles. The van der Waals surface area contributed by atoms with E-state index in [1.807, 2.05) is 30.5 Å². The number of nitrogens with zero attached hydrogens (tertiary/aromatic N) is 5. The van der Waals surface area contributed by atoms with Crippen LogP contribution in [0.15, 0.2) is 55.0 Å². The summed E-state index contributed by atoms with van der Waals surface area (Å²) in [7, 11) is 0. The predicted molar refractivity (Wildman–Crippen MR) is 115 cm³/mol. The normalized spacial score (nSPS) is 14.3. The summed E-state index contributed by atoms with van der Waals surface area (Å²) in [6, 6.07) is 9.93. The number of fused-ring (bicyclic) bond motifs is 2. The molecule has 0 radical (unpaired) electrons. The first-order chi connectivity index (χ1) is 14.9. The van der Waals surface area contributed by atoms with Crippen LogP contribution in [0.2, 0.25) is 0 Å². The van der Waals surface area contributed by atoms with E-state index in [9.17, 15) is 0 Å². The maximum absolute atomic E-state index is 4.72. The fourth-order valence-electron chi connectivity index (χ4n) is 3.91. The monoisotopic (exact) mass is 394 g/mol. The van der Waals surface area contributed by atoms with E-state index in [1.54, 1.807) is 12.4 Å². The van der Waals surface area contributed by atoms with Crippen LogP contribution < -0.4 is 5.32 Å². The van der Waals surface area contributed by atoms with Crippen LogP contribution in [-0.2, 0) is 0 Å². The van der Waals surface area contributed by atoms with Crippen LogP contribution >= 0.6 is 0 Å². The van der Waals surface area contributed by atoms with E-state index < -0.39 is 0 Å². The molecule has 1 aliphatic rings. The number of aromatic nitrogens is 7. The van der Waals surface area contributed by atoms with Gasteiger partial charge in [-0.1, -0.05) is 12.1 Å². The molecule has 0 atom stereocenters. The van der Waals surface area contributed by atoms with Crippen molar-refractivity contribution in [3.8, 4) is 22.8 Å². The summed E-state index contributed by atoms with van der Waals surface area (Å²) in [5.74, 6) is 0.682. The van der Waals surface area contributed by atoms with Gasteiger partial charge < -0.3 is 10.3 Å². The highest BCUT2D eigenvalue weighted by Gasteiger charge is 2.17. The topological polar surface area (TPSA) is 108 Å². The van der Waals surface area contributed by atoms with Gasteiger partial charge in [0.15, 0.2) is 17.1 Å². The summed E-state index contributed by atoms with van der Waals surface area (Å²) in [6.07, 6.45) is 8.64. The Balaban J connectivity index is 1.50. The molecule has 5 aromatic rings. The van der Waals surface area contributed by atoms with E-state index in [0.29, 0.717) is 17.1 Å². The summed E-state index contributed by atoms with van der Waals surface area (Å²) in [5.41, 5.74) is 7.22. The zero-order valence-electron chi connectivity index (χ0n) is 16.1. The van der Waals surface area contributed by atoms with E-state index in [0.717, 1.165) is 52.9 Å². The second kappa shape index (κ2) is 6.85. The summed E-state index contributed by atoms with van der Waals surface area (Å²) in [4.78, 5) is 21.6. The van der Waals surface area contributed by atoms with Crippen LogP contribution in [0.3, 0.4) is 0 Å². The van der Waals surface area contributed by atoms with Crippen molar-refractivity contribution in [1.29, 1.82) is 0 Å². The van der Waals surface area contributed by atoms with E-state index in [2.05, 4.69) is 47.6 Å². The van der Waals surface area contributed by atoms with Crippen molar-refractivity contribution in [2.45, 2.75) is 6.42 Å². The third-order valence-electron chi connectivity index (χ3n) is 5.41. The van der Waals surface area contributed by atoms with Gasteiger partial charge in [0.2, 0.25) is 0 Å². The SMILES string of the molecule is C1=C(c2cnc3n[nH]c(-c4nc5nccc(-c6ccccn6)c5[nH]4)c3c2)CCNC1. The Hall–Kier alpha value is -3.91. The molecule has 0 aliphatic carbocycles. The second-order valence-corrected chi connectivity index (χ2v) is 7.23. The van der Waals surface area contributed by atoms with Gasteiger partial charge in [-0.15, -0.1) is 0 Å². The largest absolute Gasteiger partial charge is 0.335 e. The van der Waals surface area contributed by atoms with E-state index in [-0.39, 0.29) is 0 Å². The number of nitrogens with one attached hydrogen (secondary N) is 3. The molecule has 0 fully saturated rings. The Bertz CT molecular complexity index is 1400. The smallest absolute Gasteiger partial charge is 0.181 e. The molecule has 0 amide bonds. The molecule has 6 heterocycles. The second-order valence-electron chi connectivity index (χ2n) is 7.23. The van der Waals surface area contributed by atoms with E-state index in [4.69, 9.17) is 4.98 Å². The van der Waals surface area contributed by atoms with Crippen LogP contribution in [0.1, 0.15) is 12.0 Å². The predicted octanol–water partition coefficient (Wildman–Crippen LogP) is 3.33. The Kier molecular flexibility index (Phi) is 3.88. The third kappa shape index (κ3) is 2.77. The van der Waals surface area contributed by atoms with Crippen molar-refractivity contribution in [2.24, 2.45) is 0 Å². The molecule has 8 heteroatoms. The van der Waals surface area contributed by atoms with Crippen LogP contribution in [0.25, 0.3) is 50.5 Å². The quantitative estimate of drug-likeness (QED) is 0.433. The fraction of sp³-hybridized carbons (Fsp3) is 0.136. The van der Waals surface area contributed by atoms with Crippen molar-refractivity contribution in [3.05, 3.63) is 60.6 Å². The maximum Gasteiger partial charge on any atom is 0.181 e. The Morgan fingerprint density at radius 1 is 0.967 bits per heavy atom. The van der Waals surface area contributed by atoms with Crippen LogP contribution in [0.4, 0.5) is 0 Å². The number of pyridine rings is 3. The molecule has 0 unspecified atom stereocenters. The first kappa shape index (κ1) is 17.0. The standard InChI is InChI=1S/C22H18N8/c1-2-7-24-17(3-1)15-6-10-25-21-18(15)27-22(28-21)19-16-11-14(12-26-20(16)30-29-19)13-4-8-23-9-5-13/h1-4,6-7,10-12,23H,5,8-9H2,(H,25,27,28)(H,26,29,30). The highest BCUT2D eigenvalue weighted by atomic mass is 15.2. The first-order valence-electron chi connectivity index (χ1n) is 9.87. The average Bonchev–Trinajstić information content (AvgIpc) is 3.43. The van der Waals surface area contributed by atoms with Gasteiger partial charge in [0.1, 0.15) is 5.69 Å². The van der Waals surface area contributed by atoms with Gasteiger partial charge in [0, 0.05) is 30.7 Å². The minimum Gasteiger partial charge on any atom is -0.335 e. The molecule has 1 aliphatic heterocycles. The maximum atomic E-state index is 4.72. The van der Waals surface area contributed by atoms with Gasteiger partial charge >= 0.3 is 0 Å². The number of aromatic amines is 2. The molecular formula is C22H18N8. The van der Waals surface area contributed by atoms with Gasteiger partial charge in [0.05, 0.1) is 16.6 Å². The summed E-state index contributed by atoms with van der Waals surface area (Å²) >= 11 is 0. The van der Waals surface area contributed by atoms with Crippen molar-refractivity contribution in [2.75, 3.05) is 13.1 Å². The molecule has 0 aromatic carbocycles. The van der Waals surface area contributed by atoms with Crippen LogP contribution in [-0.4, -0.2) is 48.2 Å². The highest BCUT2D eigenvalue weighted by Crippen LogP contribution is 2.31. The van der Waals surface area contributed by atoms with E-state index >= 15 is 0 Å². The number of hydrogen-bond acceptors (Lipinski definition) is 6. The van der Waals surface area contributed by atoms with Gasteiger partial charge in [-0.25, -0.2) is 15.0 Å². The lowest BCUT2D eigenvalue weighted by Crippen LogP contribution is -2.20. The summed E-state index contributed by atoms with van der Waals surface area (Å²) in [6.45, 7) is 1.87. The van der Waals surface area contributed by atoms with Crippen molar-refractivity contribution in [3.63, 3.8) is 0 Å². The lowest BCUT2D eigenvalue weighted by Gasteiger charge is -2.13. The molecule has 0 saturated heterocycles. The molecule has 146 valence electrons. The van der Waals surface area contributed by atoms with Crippen molar-refractivity contribution in [1.82, 2.24) is 40.4 Å². The zero-order valence-corrected chi connectivity index (χ0v) is 16.1. The van der Waals surface area contributed by atoms with E-state index in [1.165, 1.54) is 5.57 Å². The number of imidazole rings is 1. The lowest BCUT2D eigenvalue weighted by atomic mass is 10.0. The number of rotatable bonds is 3. The molecule has 30 heavy (non-hydrogen) atoms. The minimum atomic E-state index is 0.640. The number of H-pyrrole nitrogens is 2. The molecule has 0 spiro atoms. The Labute approximate surface area is 171 Å². The molecular weight excluding hydrogens is 376 g/mol. The molecule has 0 bridgehead atoms. The average molecular weight is 394 g/mol. The fourth-order valence-corrected chi connectivity index (χ4v) is 3.91. The summed E-state index contributed by atoms with van der Waals surface area (Å²) < 4.78 is 0. The van der Waals surface area contributed by atoms with Gasteiger partial charge in [-0.3, -0.25) is 10.1 Å². The Morgan fingerprint density at radius 2 is 1.97 bits per heavy atom. The molecule has 8 nitrogen and oxygen atoms in total. The zero-order chi connectivity index (χ0) is 19.9. The van der Waals surface area contributed by atoms with Crippen molar-refractivity contribution < 1.29 is 0 Å². The molecule has 5 aromatic heterocycles. The molecule has 3 N–H and O–H groups in total. The van der Waals surface area contributed by atoms with Crippen LogP contribution in [0.5, 0.6) is 0 Å². The lowest BCUT2D eigenvalue weighted by molar-refractivity contribution is 0.738. The summed E-state index contributed by atoms with van der Waals surface area (Å²) in [5, 5.41) is 11.8. The highest BCUT2D eigenvalue weighted by molar-refractivity contribution is 5.95. The van der Waals surface area contributed by atoms with Gasteiger partial charge in [-0.2, -0.15) is 5.10 Å². The molecule has 6 rings (SSSR count). The Morgan fingerprint density at radius 3 is 2.83 bits per heavy atom. The number of hydrogen-bond donors (Lipinski definition) is 3. The van der Waals surface area contributed by atoms with Crippen molar-refractivity contribution >= 4 is 27.8 Å². The minimum absolute atomic E-state index is 0.640. The van der Waals surface area contributed by atoms with Gasteiger partial charge in [-0.05, 0) is 48.4 Å². The van der Waals surface area contributed by atoms with Crippen LogP contribution in [0, 0.1) is 0 Å².